The van der Waals surface area contributed by atoms with Crippen LogP contribution in [0, 0.1) is 17.1 Å². The van der Waals surface area contributed by atoms with E-state index in [9.17, 15) is 4.39 Å². The minimum atomic E-state index is -0.446. The van der Waals surface area contributed by atoms with Crippen molar-refractivity contribution in [1.29, 1.82) is 5.26 Å². The molecule has 96 valence electrons. The van der Waals surface area contributed by atoms with E-state index in [-0.39, 0.29) is 5.56 Å². The van der Waals surface area contributed by atoms with Gasteiger partial charge in [-0.25, -0.2) is 4.39 Å². The number of nitrogens with zero attached hydrogens (tertiary/aromatic N) is 2. The number of nitrogens with one attached hydrogen (secondary N) is 1. The van der Waals surface area contributed by atoms with Gasteiger partial charge in [-0.2, -0.15) is 5.26 Å². The van der Waals surface area contributed by atoms with Crippen molar-refractivity contribution in [2.75, 3.05) is 25.0 Å². The Bertz CT molecular complexity index is 447. The maximum atomic E-state index is 13.5. The van der Waals surface area contributed by atoms with Crippen LogP contribution in [0.4, 0.5) is 10.1 Å². The molecule has 1 aromatic carbocycles. The van der Waals surface area contributed by atoms with Crippen molar-refractivity contribution in [1.82, 2.24) is 5.32 Å². The highest BCUT2D eigenvalue weighted by Crippen LogP contribution is 2.22. The summed E-state index contributed by atoms with van der Waals surface area (Å²) in [5.74, 6) is -0.446. The van der Waals surface area contributed by atoms with E-state index in [4.69, 9.17) is 5.26 Å². The highest BCUT2D eigenvalue weighted by atomic mass is 19.1. The molecule has 1 N–H and O–H groups in total. The SMILES string of the molecule is CN(CC1CCCCN1)c1cccc(F)c1C#N. The van der Waals surface area contributed by atoms with E-state index < -0.39 is 5.82 Å². The summed E-state index contributed by atoms with van der Waals surface area (Å²) in [5.41, 5.74) is 0.806. The van der Waals surface area contributed by atoms with E-state index in [1.165, 1.54) is 18.9 Å². The lowest BCUT2D eigenvalue weighted by molar-refractivity contribution is 0.403. The summed E-state index contributed by atoms with van der Waals surface area (Å²) >= 11 is 0. The molecular weight excluding hydrogens is 229 g/mol. The Hall–Kier alpha value is -1.60. The van der Waals surface area contributed by atoms with E-state index in [1.807, 2.05) is 18.0 Å². The van der Waals surface area contributed by atoms with Gasteiger partial charge in [-0.15, -0.1) is 0 Å². The van der Waals surface area contributed by atoms with Crippen LogP contribution in [-0.4, -0.2) is 26.2 Å². The van der Waals surface area contributed by atoms with Gasteiger partial charge in [0.25, 0.3) is 0 Å². The summed E-state index contributed by atoms with van der Waals surface area (Å²) in [5, 5.41) is 12.5. The molecule has 1 aliphatic rings. The normalized spacial score (nSPS) is 19.3. The molecule has 0 saturated carbocycles. The lowest BCUT2D eigenvalue weighted by Crippen LogP contribution is -2.42. The van der Waals surface area contributed by atoms with E-state index in [2.05, 4.69) is 5.32 Å². The Morgan fingerprint density at radius 1 is 1.50 bits per heavy atom. The molecule has 1 unspecified atom stereocenters. The molecule has 3 nitrogen and oxygen atoms in total. The summed E-state index contributed by atoms with van der Waals surface area (Å²) in [6.07, 6.45) is 3.60. The fourth-order valence-electron chi connectivity index (χ4n) is 2.45. The lowest BCUT2D eigenvalue weighted by Gasteiger charge is -2.29. The number of anilines is 1. The molecule has 2 rings (SSSR count). The predicted octanol–water partition coefficient (Wildman–Crippen LogP) is 2.28. The lowest BCUT2D eigenvalue weighted by atomic mass is 10.0. The average Bonchev–Trinajstić information content (AvgIpc) is 2.39. The first-order valence-corrected chi connectivity index (χ1v) is 6.35. The number of likely N-dealkylation sites (N-methyl/N-ethyl adjacent to an activating group) is 1. The number of halogens is 1. The summed E-state index contributed by atoms with van der Waals surface area (Å²) < 4.78 is 13.5. The van der Waals surface area contributed by atoms with E-state index in [0.29, 0.717) is 11.7 Å². The molecule has 1 aromatic rings. The van der Waals surface area contributed by atoms with Gasteiger partial charge in [0, 0.05) is 19.6 Å². The second-order valence-corrected chi connectivity index (χ2v) is 4.77. The molecule has 4 heteroatoms. The summed E-state index contributed by atoms with van der Waals surface area (Å²) in [6.45, 7) is 1.85. The van der Waals surface area contributed by atoms with Gasteiger partial charge >= 0.3 is 0 Å². The second-order valence-electron chi connectivity index (χ2n) is 4.77. The zero-order valence-corrected chi connectivity index (χ0v) is 10.6. The van der Waals surface area contributed by atoms with E-state index >= 15 is 0 Å². The third-order valence-electron chi connectivity index (χ3n) is 3.42. The minimum Gasteiger partial charge on any atom is -0.372 e. The highest BCUT2D eigenvalue weighted by molar-refractivity contribution is 5.59. The molecule has 1 atom stereocenters. The largest absolute Gasteiger partial charge is 0.372 e. The van der Waals surface area contributed by atoms with E-state index in [1.54, 1.807) is 12.1 Å². The van der Waals surface area contributed by atoms with Gasteiger partial charge in [0.1, 0.15) is 17.4 Å². The van der Waals surface area contributed by atoms with Crippen molar-refractivity contribution in [3.8, 4) is 6.07 Å². The summed E-state index contributed by atoms with van der Waals surface area (Å²) in [4.78, 5) is 1.96. The van der Waals surface area contributed by atoms with Crippen molar-refractivity contribution in [2.24, 2.45) is 0 Å². The van der Waals surface area contributed by atoms with Crippen LogP contribution in [0.25, 0.3) is 0 Å². The molecule has 0 aliphatic carbocycles. The predicted molar refractivity (Wildman–Crippen MR) is 70.0 cm³/mol. The molecule has 1 saturated heterocycles. The first-order chi connectivity index (χ1) is 8.72. The molecule has 0 aromatic heterocycles. The molecule has 1 aliphatic heterocycles. The molecule has 0 radical (unpaired) electrons. The van der Waals surface area contributed by atoms with Gasteiger partial charge in [0.15, 0.2) is 0 Å². The Morgan fingerprint density at radius 2 is 2.33 bits per heavy atom. The maximum Gasteiger partial charge on any atom is 0.143 e. The third kappa shape index (κ3) is 2.80. The molecule has 0 bridgehead atoms. The fourth-order valence-corrected chi connectivity index (χ4v) is 2.45. The van der Waals surface area contributed by atoms with Crippen LogP contribution in [0.3, 0.4) is 0 Å². The number of piperidine rings is 1. The minimum absolute atomic E-state index is 0.135. The zero-order chi connectivity index (χ0) is 13.0. The Morgan fingerprint density at radius 3 is 3.00 bits per heavy atom. The number of hydrogen-bond acceptors (Lipinski definition) is 3. The fraction of sp³-hybridized carbons (Fsp3) is 0.500. The quantitative estimate of drug-likeness (QED) is 0.890. The zero-order valence-electron chi connectivity index (χ0n) is 10.6. The van der Waals surface area contributed by atoms with Gasteiger partial charge in [-0.05, 0) is 31.5 Å². The third-order valence-corrected chi connectivity index (χ3v) is 3.42. The highest BCUT2D eigenvalue weighted by Gasteiger charge is 2.17. The monoisotopic (exact) mass is 247 g/mol. The molecular formula is C14H18FN3. The topological polar surface area (TPSA) is 39.1 Å². The van der Waals surface area contributed by atoms with Gasteiger partial charge in [0.2, 0.25) is 0 Å². The maximum absolute atomic E-state index is 13.5. The van der Waals surface area contributed by atoms with Crippen LogP contribution in [-0.2, 0) is 0 Å². The van der Waals surface area contributed by atoms with Gasteiger partial charge in [-0.1, -0.05) is 12.5 Å². The van der Waals surface area contributed by atoms with Crippen LogP contribution in [0.1, 0.15) is 24.8 Å². The van der Waals surface area contributed by atoms with Gasteiger partial charge in [0.05, 0.1) is 5.69 Å². The Balaban J connectivity index is 2.11. The van der Waals surface area contributed by atoms with Crippen molar-refractivity contribution < 1.29 is 4.39 Å². The first-order valence-electron chi connectivity index (χ1n) is 6.35. The average molecular weight is 247 g/mol. The van der Waals surface area contributed by atoms with E-state index in [0.717, 1.165) is 19.5 Å². The van der Waals surface area contributed by atoms with Gasteiger partial charge in [-0.3, -0.25) is 0 Å². The van der Waals surface area contributed by atoms with Crippen LogP contribution in [0.15, 0.2) is 18.2 Å². The number of benzene rings is 1. The van der Waals surface area contributed by atoms with Crippen molar-refractivity contribution in [2.45, 2.75) is 25.3 Å². The molecule has 0 amide bonds. The van der Waals surface area contributed by atoms with Crippen molar-refractivity contribution >= 4 is 5.69 Å². The molecule has 1 fully saturated rings. The number of nitriles is 1. The summed E-state index contributed by atoms with van der Waals surface area (Å²) in [7, 11) is 1.91. The van der Waals surface area contributed by atoms with Crippen LogP contribution in [0.2, 0.25) is 0 Å². The Labute approximate surface area is 107 Å². The van der Waals surface area contributed by atoms with Crippen LogP contribution in [0.5, 0.6) is 0 Å². The van der Waals surface area contributed by atoms with Crippen molar-refractivity contribution in [3.05, 3.63) is 29.6 Å². The first kappa shape index (κ1) is 12.8. The smallest absolute Gasteiger partial charge is 0.143 e. The molecule has 0 spiro atoms. The number of rotatable bonds is 3. The molecule has 1 heterocycles. The van der Waals surface area contributed by atoms with Crippen LogP contribution < -0.4 is 10.2 Å². The van der Waals surface area contributed by atoms with Crippen molar-refractivity contribution in [3.63, 3.8) is 0 Å². The number of hydrogen-bond donors (Lipinski definition) is 1. The van der Waals surface area contributed by atoms with Gasteiger partial charge < -0.3 is 10.2 Å². The second kappa shape index (κ2) is 5.83. The standard InChI is InChI=1S/C14H18FN3/c1-18(10-11-5-2-3-8-17-11)14-7-4-6-13(15)12(14)9-16/h4,6-7,11,17H,2-3,5,8,10H2,1H3. The van der Waals surface area contributed by atoms with Crippen LogP contribution >= 0.6 is 0 Å². The Kier molecular flexibility index (Phi) is 4.16. The summed E-state index contributed by atoms with van der Waals surface area (Å²) in [6, 6.07) is 7.15. The molecule has 18 heavy (non-hydrogen) atoms.